The van der Waals surface area contributed by atoms with Crippen LogP contribution in [0.25, 0.3) is 0 Å². The van der Waals surface area contributed by atoms with Gasteiger partial charge >= 0.3 is 17.9 Å². The highest BCUT2D eigenvalue weighted by molar-refractivity contribution is 5.71. The van der Waals surface area contributed by atoms with E-state index in [4.69, 9.17) is 14.2 Å². The molecule has 0 radical (unpaired) electrons. The van der Waals surface area contributed by atoms with Crippen molar-refractivity contribution in [2.24, 2.45) is 0 Å². The number of carbonyl (C=O) groups is 3. The molecule has 75 heavy (non-hydrogen) atoms. The minimum Gasteiger partial charge on any atom is -0.462 e. The molecule has 0 amide bonds. The first-order valence-corrected chi connectivity index (χ1v) is 31.7. The van der Waals surface area contributed by atoms with E-state index in [-0.39, 0.29) is 31.1 Å². The topological polar surface area (TPSA) is 78.9 Å². The Morgan fingerprint density at radius 3 is 0.853 bits per heavy atom. The van der Waals surface area contributed by atoms with Gasteiger partial charge in [0.25, 0.3) is 0 Å². The van der Waals surface area contributed by atoms with E-state index in [9.17, 15) is 14.4 Å². The molecule has 0 saturated carbocycles. The monoisotopic (exact) mass is 1040 g/mol. The molecular weight excluding hydrogens is 925 g/mol. The quantitative estimate of drug-likeness (QED) is 0.0261. The molecule has 1 unspecified atom stereocenters. The van der Waals surface area contributed by atoms with Gasteiger partial charge in [-0.3, -0.25) is 14.4 Å². The van der Waals surface area contributed by atoms with E-state index in [0.717, 1.165) is 109 Å². The lowest BCUT2D eigenvalue weighted by molar-refractivity contribution is -0.167. The predicted octanol–water partition coefficient (Wildman–Crippen LogP) is 21.7. The van der Waals surface area contributed by atoms with E-state index in [1.54, 1.807) is 0 Å². The third-order valence-electron chi connectivity index (χ3n) is 13.6. The number of esters is 3. The zero-order chi connectivity index (χ0) is 54.3. The average Bonchev–Trinajstić information content (AvgIpc) is 3.41. The van der Waals surface area contributed by atoms with Gasteiger partial charge in [-0.2, -0.15) is 0 Å². The van der Waals surface area contributed by atoms with E-state index in [0.29, 0.717) is 19.3 Å². The predicted molar refractivity (Wildman–Crippen MR) is 325 cm³/mol. The second-order valence-electron chi connectivity index (χ2n) is 20.9. The molecule has 0 fully saturated rings. The summed E-state index contributed by atoms with van der Waals surface area (Å²) < 4.78 is 16.9. The molecule has 0 aliphatic rings. The van der Waals surface area contributed by atoms with Crippen molar-refractivity contribution in [3.05, 3.63) is 97.2 Å². The summed E-state index contributed by atoms with van der Waals surface area (Å²) in [4.78, 5) is 38.3. The van der Waals surface area contributed by atoms with Crippen molar-refractivity contribution in [1.29, 1.82) is 0 Å². The Balaban J connectivity index is 4.46. The highest BCUT2D eigenvalue weighted by Crippen LogP contribution is 2.16. The molecule has 0 aromatic heterocycles. The van der Waals surface area contributed by atoms with Crippen molar-refractivity contribution >= 4 is 17.9 Å². The molecule has 0 aliphatic heterocycles. The number of carbonyl (C=O) groups excluding carboxylic acids is 3. The van der Waals surface area contributed by atoms with Gasteiger partial charge in [0.15, 0.2) is 6.10 Å². The Labute approximate surface area is 464 Å². The van der Waals surface area contributed by atoms with Crippen LogP contribution in [0.4, 0.5) is 0 Å². The molecule has 0 spiro atoms. The molecule has 1 atom stereocenters. The van der Waals surface area contributed by atoms with Gasteiger partial charge in [-0.15, -0.1) is 0 Å². The largest absolute Gasteiger partial charge is 0.462 e. The zero-order valence-electron chi connectivity index (χ0n) is 49.3. The van der Waals surface area contributed by atoms with Crippen LogP contribution in [0.2, 0.25) is 0 Å². The number of hydrogen-bond acceptors (Lipinski definition) is 6. The van der Waals surface area contributed by atoms with E-state index in [1.165, 1.54) is 154 Å². The van der Waals surface area contributed by atoms with E-state index in [1.807, 2.05) is 0 Å². The number of hydrogen-bond donors (Lipinski definition) is 0. The highest BCUT2D eigenvalue weighted by Gasteiger charge is 2.19. The van der Waals surface area contributed by atoms with Gasteiger partial charge < -0.3 is 14.2 Å². The van der Waals surface area contributed by atoms with Crippen molar-refractivity contribution < 1.29 is 28.6 Å². The maximum absolute atomic E-state index is 12.9. The molecule has 6 nitrogen and oxygen atoms in total. The standard InChI is InChI=1S/C69H118O6/c1-4-7-10-13-16-19-22-25-28-31-34-35-36-39-41-44-47-50-53-56-59-62-68(71)74-65-66(75-69(72)63-60-57-54-51-48-45-42-38-33-30-27-24-21-18-15-12-9-6-3)64-73-67(70)61-58-55-52-49-46-43-40-37-32-29-26-23-20-17-14-11-8-5-2/h7,10,16,19,21,24-25,28,30,33-35,39,41,47,50,66H,4-6,8-9,11-15,17-18,20,22-23,26-27,29,31-32,36-38,40,42-46,48-49,51-65H2,1-3H3/b10-7-,19-16-,24-21-,28-25-,33-30-,35-34-,41-39-,50-47-. The Morgan fingerprint density at radius 2 is 0.520 bits per heavy atom. The molecule has 430 valence electrons. The summed E-state index contributed by atoms with van der Waals surface area (Å²) >= 11 is 0. The van der Waals surface area contributed by atoms with Crippen LogP contribution in [-0.4, -0.2) is 37.2 Å². The first-order valence-electron chi connectivity index (χ1n) is 31.7. The smallest absolute Gasteiger partial charge is 0.306 e. The van der Waals surface area contributed by atoms with Gasteiger partial charge in [0, 0.05) is 19.3 Å². The maximum atomic E-state index is 12.9. The second kappa shape index (κ2) is 62.9. The highest BCUT2D eigenvalue weighted by atomic mass is 16.6. The molecule has 0 rings (SSSR count). The van der Waals surface area contributed by atoms with Gasteiger partial charge in [0.05, 0.1) is 0 Å². The van der Waals surface area contributed by atoms with E-state index in [2.05, 4.69) is 118 Å². The fourth-order valence-electron chi connectivity index (χ4n) is 8.83. The second-order valence-corrected chi connectivity index (χ2v) is 20.9. The van der Waals surface area contributed by atoms with Crippen molar-refractivity contribution in [3.8, 4) is 0 Å². The summed E-state index contributed by atoms with van der Waals surface area (Å²) in [5.41, 5.74) is 0. The summed E-state index contributed by atoms with van der Waals surface area (Å²) in [6.45, 7) is 6.50. The summed E-state index contributed by atoms with van der Waals surface area (Å²) in [6.07, 6.45) is 84.0. The van der Waals surface area contributed by atoms with Crippen molar-refractivity contribution in [1.82, 2.24) is 0 Å². The summed E-state index contributed by atoms with van der Waals surface area (Å²) in [7, 11) is 0. The molecule has 0 aromatic rings. The Hall–Kier alpha value is -3.67. The minimum absolute atomic E-state index is 0.0927. The third kappa shape index (κ3) is 61.1. The van der Waals surface area contributed by atoms with Crippen LogP contribution >= 0.6 is 0 Å². The maximum Gasteiger partial charge on any atom is 0.306 e. The fourth-order valence-corrected chi connectivity index (χ4v) is 8.83. The SMILES string of the molecule is CC/C=C\C/C=C\C/C=C\C/C=C\C/C=C\C/C=C\CCCCC(=O)OCC(COC(=O)CCCCCCCCCCCCCCCCCCCC)OC(=O)CCCCCCCCC/C=C\C/C=C\CCCCCC. The van der Waals surface area contributed by atoms with Gasteiger partial charge in [-0.05, 0) is 103 Å². The van der Waals surface area contributed by atoms with Crippen molar-refractivity contribution in [2.75, 3.05) is 13.2 Å². The normalized spacial score (nSPS) is 12.7. The van der Waals surface area contributed by atoms with Gasteiger partial charge in [0.1, 0.15) is 13.2 Å². The van der Waals surface area contributed by atoms with Gasteiger partial charge in [0.2, 0.25) is 0 Å². The lowest BCUT2D eigenvalue weighted by Crippen LogP contribution is -2.30. The van der Waals surface area contributed by atoms with E-state index >= 15 is 0 Å². The van der Waals surface area contributed by atoms with Gasteiger partial charge in [-0.25, -0.2) is 0 Å². The molecule has 0 N–H and O–H groups in total. The molecule has 0 aromatic carbocycles. The number of unbranched alkanes of at least 4 members (excludes halogenated alkanes) is 30. The third-order valence-corrected chi connectivity index (χ3v) is 13.6. The molecule has 0 heterocycles. The summed E-state index contributed by atoms with van der Waals surface area (Å²) in [5, 5.41) is 0. The lowest BCUT2D eigenvalue weighted by atomic mass is 10.0. The number of ether oxygens (including phenoxy) is 3. The van der Waals surface area contributed by atoms with Crippen LogP contribution in [-0.2, 0) is 28.6 Å². The molecule has 0 aliphatic carbocycles. The first-order chi connectivity index (χ1) is 37.0. The van der Waals surface area contributed by atoms with Crippen LogP contribution in [0, 0.1) is 0 Å². The van der Waals surface area contributed by atoms with Crippen molar-refractivity contribution in [2.45, 2.75) is 309 Å². The number of allylic oxidation sites excluding steroid dienone is 16. The summed E-state index contributed by atoms with van der Waals surface area (Å²) in [6, 6.07) is 0. The average molecular weight is 1040 g/mol. The molecule has 0 saturated heterocycles. The van der Waals surface area contributed by atoms with Crippen LogP contribution < -0.4 is 0 Å². The molecular formula is C69H118O6. The first kappa shape index (κ1) is 71.3. The van der Waals surface area contributed by atoms with Crippen LogP contribution in [0.5, 0.6) is 0 Å². The minimum atomic E-state index is -0.801. The Bertz CT molecular complexity index is 1480. The molecule has 6 heteroatoms. The fraction of sp³-hybridized carbons (Fsp3) is 0.725. The zero-order valence-corrected chi connectivity index (χ0v) is 49.3. The van der Waals surface area contributed by atoms with Gasteiger partial charge in [-0.1, -0.05) is 279 Å². The van der Waals surface area contributed by atoms with E-state index < -0.39 is 6.10 Å². The van der Waals surface area contributed by atoms with Crippen LogP contribution in [0.1, 0.15) is 303 Å². The number of rotatable bonds is 57. The van der Waals surface area contributed by atoms with Crippen molar-refractivity contribution in [3.63, 3.8) is 0 Å². The Morgan fingerprint density at radius 1 is 0.280 bits per heavy atom. The van der Waals surface area contributed by atoms with Crippen LogP contribution in [0.3, 0.4) is 0 Å². The molecule has 0 bridgehead atoms. The van der Waals surface area contributed by atoms with Crippen LogP contribution in [0.15, 0.2) is 97.2 Å². The lowest BCUT2D eigenvalue weighted by Gasteiger charge is -2.18. The summed E-state index contributed by atoms with van der Waals surface area (Å²) in [5.74, 6) is -0.935. The Kier molecular flexibility index (Phi) is 59.8.